The third kappa shape index (κ3) is 9.87. The lowest BCUT2D eigenvalue weighted by Gasteiger charge is -2.29. The van der Waals surface area contributed by atoms with Gasteiger partial charge in [-0.05, 0) is 79.9 Å². The predicted octanol–water partition coefficient (Wildman–Crippen LogP) is 5.46. The molecule has 1 aromatic rings. The van der Waals surface area contributed by atoms with E-state index in [2.05, 4.69) is 4.98 Å². The zero-order valence-electron chi connectivity index (χ0n) is 22.4. The Kier molecular flexibility index (Phi) is 10.3. The number of hydrogen-bond acceptors (Lipinski definition) is 9. The summed E-state index contributed by atoms with van der Waals surface area (Å²) in [5.41, 5.74) is -1.48. The van der Waals surface area contributed by atoms with Gasteiger partial charge in [0.1, 0.15) is 11.2 Å². The third-order valence-corrected chi connectivity index (χ3v) is 5.62. The second-order valence-electron chi connectivity index (χ2n) is 10.5. The lowest BCUT2D eigenvalue weighted by atomic mass is 9.85. The second-order valence-corrected chi connectivity index (χ2v) is 11.7. The van der Waals surface area contributed by atoms with E-state index in [1.165, 1.54) is 13.1 Å². The van der Waals surface area contributed by atoms with E-state index in [0.717, 1.165) is 16.7 Å². The van der Waals surface area contributed by atoms with E-state index in [-0.39, 0.29) is 29.7 Å². The maximum atomic E-state index is 12.9. The number of esters is 1. The zero-order chi connectivity index (χ0) is 27.2. The van der Waals surface area contributed by atoms with Crippen molar-refractivity contribution in [2.24, 2.45) is 5.41 Å². The van der Waals surface area contributed by atoms with Gasteiger partial charge in [0, 0.05) is 18.9 Å². The summed E-state index contributed by atoms with van der Waals surface area (Å²) in [6.45, 7) is 17.0. The highest BCUT2D eigenvalue weighted by Gasteiger charge is 2.37. The van der Waals surface area contributed by atoms with Crippen LogP contribution in [0.25, 0.3) is 0 Å². The molecule has 0 saturated heterocycles. The van der Waals surface area contributed by atoms with Crippen LogP contribution in [0.4, 0.5) is 15.4 Å². The molecule has 196 valence electrons. The predicted molar refractivity (Wildman–Crippen MR) is 136 cm³/mol. The van der Waals surface area contributed by atoms with Gasteiger partial charge in [-0.3, -0.25) is 9.59 Å². The number of ether oxygens (including phenoxy) is 3. The number of amides is 2. The van der Waals surface area contributed by atoms with Gasteiger partial charge in [-0.2, -0.15) is 4.90 Å². The number of aryl methyl sites for hydroxylation is 1. The topological polar surface area (TPSA) is 112 Å². The SMILES string of the molecule is CCOC(=O)C(C)(CSC(C)=O)Cc1cnc(N(C(=O)OC(C)(C)C)C(=O)OC(C)(C)C)c(C)c1. The number of anilines is 1. The van der Waals surface area contributed by atoms with Crippen LogP contribution in [0.15, 0.2) is 12.3 Å². The van der Waals surface area contributed by atoms with Gasteiger partial charge in [0.05, 0.1) is 12.0 Å². The van der Waals surface area contributed by atoms with Crippen LogP contribution in [0.5, 0.6) is 0 Å². The average Bonchev–Trinajstić information content (AvgIpc) is 2.65. The molecule has 0 aromatic carbocycles. The van der Waals surface area contributed by atoms with Gasteiger partial charge >= 0.3 is 18.2 Å². The van der Waals surface area contributed by atoms with Crippen molar-refractivity contribution in [2.75, 3.05) is 17.3 Å². The number of nitrogens with zero attached hydrogens (tertiary/aromatic N) is 2. The number of pyridine rings is 1. The Morgan fingerprint density at radius 3 is 1.89 bits per heavy atom. The molecular formula is C25H38N2O7S. The maximum Gasteiger partial charge on any atom is 0.425 e. The highest BCUT2D eigenvalue weighted by atomic mass is 32.2. The lowest BCUT2D eigenvalue weighted by molar-refractivity contribution is -0.153. The largest absolute Gasteiger partial charge is 0.466 e. The Bertz CT molecular complexity index is 922. The molecule has 1 heterocycles. The molecule has 1 aromatic heterocycles. The van der Waals surface area contributed by atoms with E-state index in [1.807, 2.05) is 0 Å². The Morgan fingerprint density at radius 1 is 0.971 bits per heavy atom. The Balaban J connectivity index is 3.38. The van der Waals surface area contributed by atoms with Crippen LogP contribution >= 0.6 is 11.8 Å². The van der Waals surface area contributed by atoms with E-state index in [0.29, 0.717) is 11.1 Å². The molecule has 1 unspecified atom stereocenters. The van der Waals surface area contributed by atoms with Crippen molar-refractivity contribution in [1.82, 2.24) is 4.98 Å². The molecular weight excluding hydrogens is 472 g/mol. The molecule has 9 nitrogen and oxygen atoms in total. The first-order valence-corrected chi connectivity index (χ1v) is 12.4. The van der Waals surface area contributed by atoms with Crippen LogP contribution in [0.3, 0.4) is 0 Å². The van der Waals surface area contributed by atoms with Crippen LogP contribution in [-0.2, 0) is 30.2 Å². The fourth-order valence-electron chi connectivity index (χ4n) is 3.02. The molecule has 0 aliphatic rings. The van der Waals surface area contributed by atoms with E-state index in [4.69, 9.17) is 14.2 Å². The summed E-state index contributed by atoms with van der Waals surface area (Å²) in [5.74, 6) is -0.114. The Morgan fingerprint density at radius 2 is 1.49 bits per heavy atom. The van der Waals surface area contributed by atoms with Crippen molar-refractivity contribution in [1.29, 1.82) is 0 Å². The Hall–Kier alpha value is -2.62. The van der Waals surface area contributed by atoms with Gasteiger partial charge in [0.15, 0.2) is 10.9 Å². The van der Waals surface area contributed by atoms with Gasteiger partial charge in [-0.15, -0.1) is 0 Å². The number of rotatable bonds is 7. The normalized spacial score (nSPS) is 13.4. The molecule has 0 fully saturated rings. The molecule has 1 atom stereocenters. The molecule has 10 heteroatoms. The molecule has 0 aliphatic heterocycles. The highest BCUT2D eigenvalue weighted by Crippen LogP contribution is 2.31. The van der Waals surface area contributed by atoms with Crippen LogP contribution in [0, 0.1) is 12.3 Å². The van der Waals surface area contributed by atoms with Crippen molar-refractivity contribution in [3.8, 4) is 0 Å². The smallest absolute Gasteiger partial charge is 0.425 e. The fraction of sp³-hybridized carbons (Fsp3) is 0.640. The van der Waals surface area contributed by atoms with Crippen LogP contribution in [-0.4, -0.2) is 51.8 Å². The van der Waals surface area contributed by atoms with Crippen molar-refractivity contribution < 1.29 is 33.4 Å². The molecule has 1 rings (SSSR count). The minimum Gasteiger partial charge on any atom is -0.466 e. The quantitative estimate of drug-likeness (QED) is 0.349. The monoisotopic (exact) mass is 510 g/mol. The number of hydrogen-bond donors (Lipinski definition) is 0. The maximum absolute atomic E-state index is 12.9. The number of carbonyl (C=O) groups excluding carboxylic acids is 4. The summed E-state index contributed by atoms with van der Waals surface area (Å²) in [4.78, 5) is 55.2. The Labute approximate surface area is 212 Å². The third-order valence-electron chi connectivity index (χ3n) is 4.43. The van der Waals surface area contributed by atoms with Gasteiger partial charge < -0.3 is 14.2 Å². The minimum atomic E-state index is -0.974. The van der Waals surface area contributed by atoms with Gasteiger partial charge in [0.2, 0.25) is 0 Å². The second kappa shape index (κ2) is 11.9. The van der Waals surface area contributed by atoms with E-state index in [9.17, 15) is 19.2 Å². The van der Waals surface area contributed by atoms with Crippen molar-refractivity contribution in [2.45, 2.75) is 86.9 Å². The van der Waals surface area contributed by atoms with Gasteiger partial charge in [0.25, 0.3) is 0 Å². The molecule has 2 amide bonds. The number of carbonyl (C=O) groups is 4. The van der Waals surface area contributed by atoms with Gasteiger partial charge in [-0.25, -0.2) is 14.6 Å². The molecule has 0 spiro atoms. The van der Waals surface area contributed by atoms with E-state index >= 15 is 0 Å². The first-order valence-electron chi connectivity index (χ1n) is 11.4. The first-order chi connectivity index (χ1) is 15.9. The minimum absolute atomic E-state index is 0.0631. The standard InChI is InChI=1S/C25H38N2O7S/c1-11-32-20(29)25(10,15-35-17(3)28)13-18-12-16(2)19(26-14-18)27(21(30)33-23(4,5)6)22(31)34-24(7,8)9/h12,14H,11,13,15H2,1-10H3. The van der Waals surface area contributed by atoms with Crippen LogP contribution < -0.4 is 4.90 Å². The molecule has 35 heavy (non-hydrogen) atoms. The first kappa shape index (κ1) is 30.4. The average molecular weight is 511 g/mol. The van der Waals surface area contributed by atoms with Crippen LogP contribution in [0.1, 0.15) is 73.4 Å². The summed E-state index contributed by atoms with van der Waals surface area (Å²) < 4.78 is 16.1. The van der Waals surface area contributed by atoms with Crippen molar-refractivity contribution in [3.05, 3.63) is 23.4 Å². The van der Waals surface area contributed by atoms with Crippen molar-refractivity contribution >= 4 is 40.9 Å². The van der Waals surface area contributed by atoms with E-state index < -0.39 is 34.8 Å². The number of aromatic nitrogens is 1. The fourth-order valence-corrected chi connectivity index (χ4v) is 3.76. The van der Waals surface area contributed by atoms with E-state index in [1.54, 1.807) is 68.4 Å². The number of thioether (sulfide) groups is 1. The highest BCUT2D eigenvalue weighted by molar-refractivity contribution is 8.13. The molecule has 0 radical (unpaired) electrons. The molecule has 0 N–H and O–H groups in total. The zero-order valence-corrected chi connectivity index (χ0v) is 23.3. The summed E-state index contributed by atoms with van der Waals surface area (Å²) in [6, 6.07) is 1.74. The summed E-state index contributed by atoms with van der Waals surface area (Å²) in [7, 11) is 0. The molecule has 0 aliphatic carbocycles. The number of imide groups is 1. The van der Waals surface area contributed by atoms with Gasteiger partial charge in [-0.1, -0.05) is 17.8 Å². The van der Waals surface area contributed by atoms with Crippen molar-refractivity contribution in [3.63, 3.8) is 0 Å². The molecule has 0 saturated carbocycles. The summed E-state index contributed by atoms with van der Waals surface area (Å²) >= 11 is 1.05. The summed E-state index contributed by atoms with van der Waals surface area (Å²) in [6.07, 6.45) is -0.0901. The van der Waals surface area contributed by atoms with Crippen LogP contribution in [0.2, 0.25) is 0 Å². The lowest BCUT2D eigenvalue weighted by Crippen LogP contribution is -2.44. The summed E-state index contributed by atoms with van der Waals surface area (Å²) in [5, 5.41) is -0.101. The molecule has 0 bridgehead atoms.